The average Bonchev–Trinajstić information content (AvgIpc) is 2.27. The zero-order chi connectivity index (χ0) is 12.1. The van der Waals surface area contributed by atoms with Crippen LogP contribution in [0.1, 0.15) is 33.6 Å². The molecule has 0 radical (unpaired) electrons. The highest BCUT2D eigenvalue weighted by molar-refractivity contribution is 5.82. The lowest BCUT2D eigenvalue weighted by atomic mass is 9.83. The van der Waals surface area contributed by atoms with Crippen molar-refractivity contribution in [3.05, 3.63) is 0 Å². The standard InChI is InChI=1S/C10H21NO4/c1-4-9(3,5-2)8(14)11-10(15,6-12)7-13/h12-13,15H,4-7H2,1-3H3,(H,11,14). The molecular formula is C10H21NO4. The van der Waals surface area contributed by atoms with Crippen molar-refractivity contribution in [1.82, 2.24) is 5.32 Å². The molecule has 0 rings (SSSR count). The van der Waals surface area contributed by atoms with Crippen LogP contribution in [0.25, 0.3) is 0 Å². The van der Waals surface area contributed by atoms with Crippen LogP contribution >= 0.6 is 0 Å². The summed E-state index contributed by atoms with van der Waals surface area (Å²) in [6.07, 6.45) is 1.25. The van der Waals surface area contributed by atoms with Crippen LogP contribution in [0.15, 0.2) is 0 Å². The summed E-state index contributed by atoms with van der Waals surface area (Å²) >= 11 is 0. The van der Waals surface area contributed by atoms with E-state index in [2.05, 4.69) is 5.32 Å². The van der Waals surface area contributed by atoms with Crippen molar-refractivity contribution < 1.29 is 20.1 Å². The van der Waals surface area contributed by atoms with E-state index in [0.717, 1.165) is 0 Å². The minimum absolute atomic E-state index is 0.363. The quantitative estimate of drug-likeness (QED) is 0.458. The maximum absolute atomic E-state index is 11.8. The molecule has 0 aromatic heterocycles. The van der Waals surface area contributed by atoms with Gasteiger partial charge in [0.25, 0.3) is 0 Å². The van der Waals surface area contributed by atoms with E-state index in [-0.39, 0.29) is 5.91 Å². The summed E-state index contributed by atoms with van der Waals surface area (Å²) in [6, 6.07) is 0. The highest BCUT2D eigenvalue weighted by atomic mass is 16.4. The van der Waals surface area contributed by atoms with Crippen LogP contribution in [0.2, 0.25) is 0 Å². The number of rotatable bonds is 6. The van der Waals surface area contributed by atoms with Gasteiger partial charge in [0.05, 0.1) is 13.2 Å². The number of aliphatic hydroxyl groups excluding tert-OH is 2. The van der Waals surface area contributed by atoms with Crippen LogP contribution < -0.4 is 5.32 Å². The monoisotopic (exact) mass is 219 g/mol. The van der Waals surface area contributed by atoms with Crippen LogP contribution in [0.4, 0.5) is 0 Å². The van der Waals surface area contributed by atoms with Gasteiger partial charge in [-0.2, -0.15) is 0 Å². The largest absolute Gasteiger partial charge is 0.391 e. The van der Waals surface area contributed by atoms with Crippen LogP contribution in [-0.4, -0.2) is 40.2 Å². The average molecular weight is 219 g/mol. The highest BCUT2D eigenvalue weighted by Gasteiger charge is 2.35. The minimum Gasteiger partial charge on any atom is -0.391 e. The van der Waals surface area contributed by atoms with E-state index in [1.165, 1.54) is 0 Å². The normalized spacial score (nSPS) is 12.7. The fourth-order valence-electron chi connectivity index (χ4n) is 1.06. The summed E-state index contributed by atoms with van der Waals surface area (Å²) in [7, 11) is 0. The third-order valence-corrected chi connectivity index (χ3v) is 2.98. The van der Waals surface area contributed by atoms with E-state index in [1.54, 1.807) is 6.92 Å². The number of hydrogen-bond donors (Lipinski definition) is 4. The molecule has 0 heterocycles. The molecular weight excluding hydrogens is 198 g/mol. The molecule has 0 unspecified atom stereocenters. The van der Waals surface area contributed by atoms with Gasteiger partial charge in [-0.3, -0.25) is 4.79 Å². The van der Waals surface area contributed by atoms with Gasteiger partial charge in [-0.1, -0.05) is 20.8 Å². The number of nitrogens with one attached hydrogen (secondary N) is 1. The van der Waals surface area contributed by atoms with Gasteiger partial charge in [-0.05, 0) is 12.8 Å². The Kier molecular flexibility index (Phi) is 5.20. The van der Waals surface area contributed by atoms with Crippen molar-refractivity contribution in [3.63, 3.8) is 0 Å². The SMILES string of the molecule is CCC(C)(CC)C(=O)NC(O)(CO)CO. The number of hydrogen-bond acceptors (Lipinski definition) is 4. The zero-order valence-corrected chi connectivity index (χ0v) is 9.58. The predicted octanol–water partition coefficient (Wildman–Crippen LogP) is -0.398. The Labute approximate surface area is 90.1 Å². The van der Waals surface area contributed by atoms with Crippen molar-refractivity contribution in [2.75, 3.05) is 13.2 Å². The van der Waals surface area contributed by atoms with Gasteiger partial charge >= 0.3 is 0 Å². The van der Waals surface area contributed by atoms with Gasteiger partial charge in [-0.25, -0.2) is 0 Å². The summed E-state index contributed by atoms with van der Waals surface area (Å²) in [6.45, 7) is 4.11. The second-order valence-corrected chi connectivity index (χ2v) is 4.07. The van der Waals surface area contributed by atoms with Crippen molar-refractivity contribution in [2.45, 2.75) is 39.3 Å². The number of aliphatic hydroxyl groups is 3. The molecule has 1 amide bonds. The lowest BCUT2D eigenvalue weighted by Gasteiger charge is -2.31. The molecule has 5 nitrogen and oxygen atoms in total. The molecule has 0 saturated carbocycles. The molecule has 15 heavy (non-hydrogen) atoms. The summed E-state index contributed by atoms with van der Waals surface area (Å²) in [4.78, 5) is 11.8. The molecule has 0 aliphatic rings. The summed E-state index contributed by atoms with van der Waals surface area (Å²) in [5.74, 6) is -0.363. The van der Waals surface area contributed by atoms with Crippen molar-refractivity contribution in [1.29, 1.82) is 0 Å². The Morgan fingerprint density at radius 1 is 1.20 bits per heavy atom. The first-order chi connectivity index (χ1) is 6.87. The number of amides is 1. The Morgan fingerprint density at radius 3 is 1.87 bits per heavy atom. The van der Waals surface area contributed by atoms with E-state index >= 15 is 0 Å². The van der Waals surface area contributed by atoms with Gasteiger partial charge < -0.3 is 20.6 Å². The third kappa shape index (κ3) is 3.44. The van der Waals surface area contributed by atoms with Gasteiger partial charge in [0.2, 0.25) is 5.91 Å². The van der Waals surface area contributed by atoms with Crippen LogP contribution in [0.3, 0.4) is 0 Å². The molecule has 0 atom stereocenters. The fraction of sp³-hybridized carbons (Fsp3) is 0.900. The molecule has 0 aliphatic carbocycles. The summed E-state index contributed by atoms with van der Waals surface area (Å²) < 4.78 is 0. The molecule has 0 saturated heterocycles. The second-order valence-electron chi connectivity index (χ2n) is 4.07. The predicted molar refractivity (Wildman–Crippen MR) is 56.0 cm³/mol. The van der Waals surface area contributed by atoms with Crippen molar-refractivity contribution in [2.24, 2.45) is 5.41 Å². The summed E-state index contributed by atoms with van der Waals surface area (Å²) in [5.41, 5.74) is -2.51. The van der Waals surface area contributed by atoms with E-state index in [4.69, 9.17) is 10.2 Å². The molecule has 0 aromatic carbocycles. The van der Waals surface area contributed by atoms with Gasteiger partial charge in [-0.15, -0.1) is 0 Å². The first kappa shape index (κ1) is 14.3. The molecule has 0 spiro atoms. The van der Waals surface area contributed by atoms with Gasteiger partial charge in [0.15, 0.2) is 5.72 Å². The van der Waals surface area contributed by atoms with E-state index in [0.29, 0.717) is 12.8 Å². The molecule has 5 heteroatoms. The van der Waals surface area contributed by atoms with Crippen LogP contribution in [0, 0.1) is 5.41 Å². The molecule has 0 aliphatic heterocycles. The van der Waals surface area contributed by atoms with Crippen LogP contribution in [-0.2, 0) is 4.79 Å². The molecule has 90 valence electrons. The smallest absolute Gasteiger partial charge is 0.228 e. The first-order valence-electron chi connectivity index (χ1n) is 5.14. The molecule has 0 fully saturated rings. The Hall–Kier alpha value is -0.650. The fourth-order valence-corrected chi connectivity index (χ4v) is 1.06. The van der Waals surface area contributed by atoms with E-state index < -0.39 is 24.4 Å². The van der Waals surface area contributed by atoms with E-state index in [1.807, 2.05) is 13.8 Å². The Morgan fingerprint density at radius 2 is 1.60 bits per heavy atom. The number of carbonyl (C=O) groups is 1. The molecule has 0 aromatic rings. The van der Waals surface area contributed by atoms with Crippen LogP contribution in [0.5, 0.6) is 0 Å². The second kappa shape index (κ2) is 5.44. The highest BCUT2D eigenvalue weighted by Crippen LogP contribution is 2.26. The van der Waals surface area contributed by atoms with Gasteiger partial charge in [0.1, 0.15) is 0 Å². The lowest BCUT2D eigenvalue weighted by molar-refractivity contribution is -0.145. The van der Waals surface area contributed by atoms with E-state index in [9.17, 15) is 9.90 Å². The zero-order valence-electron chi connectivity index (χ0n) is 9.58. The minimum atomic E-state index is -1.93. The maximum Gasteiger partial charge on any atom is 0.228 e. The molecule has 0 bridgehead atoms. The van der Waals surface area contributed by atoms with Gasteiger partial charge in [0, 0.05) is 5.41 Å². The first-order valence-corrected chi connectivity index (χ1v) is 5.14. The topological polar surface area (TPSA) is 89.8 Å². The molecule has 4 N–H and O–H groups in total. The number of carbonyl (C=O) groups excluding carboxylic acids is 1. The van der Waals surface area contributed by atoms with Crippen molar-refractivity contribution >= 4 is 5.91 Å². The summed E-state index contributed by atoms with van der Waals surface area (Å²) in [5, 5.41) is 29.4. The third-order valence-electron chi connectivity index (χ3n) is 2.98. The Bertz CT molecular complexity index is 209. The Balaban J connectivity index is 4.60. The van der Waals surface area contributed by atoms with Crippen molar-refractivity contribution in [3.8, 4) is 0 Å². The lowest BCUT2D eigenvalue weighted by Crippen LogP contribution is -2.57. The maximum atomic E-state index is 11.8.